The first-order valence-corrected chi connectivity index (χ1v) is 10.9. The number of oxazole rings is 1. The van der Waals surface area contributed by atoms with Crippen LogP contribution in [-0.4, -0.2) is 42.0 Å². The van der Waals surface area contributed by atoms with Gasteiger partial charge in [-0.1, -0.05) is 48.0 Å². The molecule has 0 spiro atoms. The van der Waals surface area contributed by atoms with Crippen LogP contribution in [0.4, 0.5) is 0 Å². The molecule has 4 rings (SSSR count). The van der Waals surface area contributed by atoms with Crippen molar-refractivity contribution >= 4 is 5.96 Å². The summed E-state index contributed by atoms with van der Waals surface area (Å²) in [4.78, 5) is 11.5. The Bertz CT molecular complexity index is 990. The maximum Gasteiger partial charge on any atom is 0.226 e. The fourth-order valence-electron chi connectivity index (χ4n) is 3.97. The van der Waals surface area contributed by atoms with E-state index in [4.69, 9.17) is 4.42 Å². The number of guanidine groups is 1. The van der Waals surface area contributed by atoms with Gasteiger partial charge in [-0.15, -0.1) is 0 Å². The van der Waals surface area contributed by atoms with Gasteiger partial charge < -0.3 is 15.1 Å². The van der Waals surface area contributed by atoms with Crippen LogP contribution in [0.2, 0.25) is 0 Å². The van der Waals surface area contributed by atoms with Gasteiger partial charge in [0.15, 0.2) is 5.96 Å². The Balaban J connectivity index is 1.23. The minimum absolute atomic E-state index is 0.428. The van der Waals surface area contributed by atoms with Crippen LogP contribution < -0.4 is 10.6 Å². The van der Waals surface area contributed by atoms with Crippen molar-refractivity contribution in [1.29, 1.82) is 0 Å². The second-order valence-electron chi connectivity index (χ2n) is 8.12. The molecular formula is C25H31N5O. The van der Waals surface area contributed by atoms with Gasteiger partial charge in [0.1, 0.15) is 6.26 Å². The van der Waals surface area contributed by atoms with E-state index >= 15 is 0 Å². The number of hydrogen-bond acceptors (Lipinski definition) is 4. The van der Waals surface area contributed by atoms with Crippen LogP contribution in [0.1, 0.15) is 29.7 Å². The van der Waals surface area contributed by atoms with E-state index in [0.717, 1.165) is 49.7 Å². The summed E-state index contributed by atoms with van der Waals surface area (Å²) in [5.74, 6) is 1.45. The summed E-state index contributed by atoms with van der Waals surface area (Å²) in [5, 5.41) is 6.92. The summed E-state index contributed by atoms with van der Waals surface area (Å²) >= 11 is 0. The summed E-state index contributed by atoms with van der Waals surface area (Å²) in [6, 6.07) is 19.2. The molecule has 2 heterocycles. The number of aryl methyl sites for hydroxylation is 1. The predicted octanol–water partition coefficient (Wildman–Crippen LogP) is 3.98. The van der Waals surface area contributed by atoms with Crippen LogP contribution in [0.15, 0.2) is 70.3 Å². The van der Waals surface area contributed by atoms with E-state index in [1.807, 2.05) is 30.3 Å². The molecule has 2 N–H and O–H groups in total. The number of benzene rings is 2. The minimum Gasteiger partial charge on any atom is -0.444 e. The van der Waals surface area contributed by atoms with Crippen LogP contribution in [0.25, 0.3) is 11.5 Å². The van der Waals surface area contributed by atoms with Crippen molar-refractivity contribution in [2.24, 2.45) is 4.99 Å². The van der Waals surface area contributed by atoms with Crippen molar-refractivity contribution in [2.75, 3.05) is 20.1 Å². The molecule has 6 nitrogen and oxygen atoms in total. The van der Waals surface area contributed by atoms with E-state index in [1.54, 1.807) is 13.3 Å². The lowest BCUT2D eigenvalue weighted by molar-refractivity contribution is 0.198. The molecule has 0 aliphatic carbocycles. The van der Waals surface area contributed by atoms with Crippen molar-refractivity contribution in [3.05, 3.63) is 77.7 Å². The predicted molar refractivity (Wildman–Crippen MR) is 125 cm³/mol. The van der Waals surface area contributed by atoms with Gasteiger partial charge in [-0.05, 0) is 37.5 Å². The molecule has 2 aromatic carbocycles. The standard InChI is InChI=1S/C25H31N5O/c1-19-7-6-8-20(15-19)17-30-13-11-22(12-14-30)29-25(26-2)27-16-23-18-31-24(28-23)21-9-4-3-5-10-21/h3-10,15,18,22H,11-14,16-17H2,1-2H3,(H2,26,27,29). The van der Waals surface area contributed by atoms with Crippen LogP contribution in [0, 0.1) is 6.92 Å². The Morgan fingerprint density at radius 1 is 1.13 bits per heavy atom. The number of likely N-dealkylation sites (tertiary alicyclic amines) is 1. The molecule has 6 heteroatoms. The smallest absolute Gasteiger partial charge is 0.226 e. The van der Waals surface area contributed by atoms with E-state index in [9.17, 15) is 0 Å². The quantitative estimate of drug-likeness (QED) is 0.469. The fourth-order valence-corrected chi connectivity index (χ4v) is 3.97. The van der Waals surface area contributed by atoms with Crippen LogP contribution >= 0.6 is 0 Å². The lowest BCUT2D eigenvalue weighted by atomic mass is 10.0. The van der Waals surface area contributed by atoms with Crippen molar-refractivity contribution in [3.63, 3.8) is 0 Å². The minimum atomic E-state index is 0.428. The molecule has 3 aromatic rings. The molecule has 0 bridgehead atoms. The van der Waals surface area contributed by atoms with Gasteiger partial charge in [0.2, 0.25) is 5.89 Å². The first kappa shape index (κ1) is 21.1. The van der Waals surface area contributed by atoms with Crippen molar-refractivity contribution in [2.45, 2.75) is 38.9 Å². The Morgan fingerprint density at radius 2 is 1.94 bits per heavy atom. The Hall–Kier alpha value is -3.12. The fraction of sp³-hybridized carbons (Fsp3) is 0.360. The molecule has 162 valence electrons. The summed E-state index contributed by atoms with van der Waals surface area (Å²) in [7, 11) is 1.81. The van der Waals surface area contributed by atoms with Crippen LogP contribution in [-0.2, 0) is 13.1 Å². The van der Waals surface area contributed by atoms with Gasteiger partial charge in [0, 0.05) is 38.3 Å². The van der Waals surface area contributed by atoms with Gasteiger partial charge in [-0.2, -0.15) is 0 Å². The number of nitrogens with zero attached hydrogens (tertiary/aromatic N) is 3. The average molecular weight is 418 g/mol. The number of aromatic nitrogens is 1. The van der Waals surface area contributed by atoms with E-state index in [2.05, 4.69) is 56.7 Å². The highest BCUT2D eigenvalue weighted by atomic mass is 16.3. The molecule has 0 unspecified atom stereocenters. The van der Waals surface area contributed by atoms with Crippen LogP contribution in [0.3, 0.4) is 0 Å². The second-order valence-corrected chi connectivity index (χ2v) is 8.12. The molecule has 1 aliphatic heterocycles. The Labute approximate surface area is 184 Å². The summed E-state index contributed by atoms with van der Waals surface area (Å²) in [5.41, 5.74) is 4.56. The lowest BCUT2D eigenvalue weighted by Gasteiger charge is -2.33. The van der Waals surface area contributed by atoms with Gasteiger partial charge >= 0.3 is 0 Å². The number of nitrogens with one attached hydrogen (secondary N) is 2. The summed E-state index contributed by atoms with van der Waals surface area (Å²) in [6.07, 6.45) is 3.91. The van der Waals surface area contributed by atoms with E-state index in [0.29, 0.717) is 18.5 Å². The monoisotopic (exact) mass is 417 g/mol. The van der Waals surface area contributed by atoms with E-state index in [-0.39, 0.29) is 0 Å². The van der Waals surface area contributed by atoms with Gasteiger partial charge in [-0.3, -0.25) is 9.89 Å². The molecule has 1 saturated heterocycles. The SMILES string of the molecule is CN=C(NCc1coc(-c2ccccc2)n1)NC1CCN(Cc2cccc(C)c2)CC1. The van der Waals surface area contributed by atoms with Crippen molar-refractivity contribution in [3.8, 4) is 11.5 Å². The number of hydrogen-bond donors (Lipinski definition) is 2. The maximum absolute atomic E-state index is 5.62. The first-order chi connectivity index (χ1) is 15.2. The highest BCUT2D eigenvalue weighted by Crippen LogP contribution is 2.18. The van der Waals surface area contributed by atoms with Crippen LogP contribution in [0.5, 0.6) is 0 Å². The first-order valence-electron chi connectivity index (χ1n) is 10.9. The molecule has 0 radical (unpaired) electrons. The maximum atomic E-state index is 5.62. The molecule has 0 atom stereocenters. The van der Waals surface area contributed by atoms with Gasteiger partial charge in [0.25, 0.3) is 0 Å². The number of piperidine rings is 1. The topological polar surface area (TPSA) is 65.7 Å². The number of rotatable bonds is 6. The van der Waals surface area contributed by atoms with E-state index < -0.39 is 0 Å². The third kappa shape index (κ3) is 5.95. The van der Waals surface area contributed by atoms with E-state index in [1.165, 1.54) is 11.1 Å². The van der Waals surface area contributed by atoms with Gasteiger partial charge in [0.05, 0.1) is 12.2 Å². The molecule has 1 aliphatic rings. The third-order valence-corrected chi connectivity index (χ3v) is 5.65. The second kappa shape index (κ2) is 10.3. The largest absolute Gasteiger partial charge is 0.444 e. The Morgan fingerprint density at radius 3 is 2.68 bits per heavy atom. The number of aliphatic imine (C=N–C) groups is 1. The molecule has 31 heavy (non-hydrogen) atoms. The summed E-state index contributed by atoms with van der Waals surface area (Å²) < 4.78 is 5.62. The van der Waals surface area contributed by atoms with Crippen molar-refractivity contribution in [1.82, 2.24) is 20.5 Å². The lowest BCUT2D eigenvalue weighted by Crippen LogP contribution is -2.48. The highest BCUT2D eigenvalue weighted by Gasteiger charge is 2.20. The summed E-state index contributed by atoms with van der Waals surface area (Å²) in [6.45, 7) is 5.93. The third-order valence-electron chi connectivity index (χ3n) is 5.65. The Kier molecular flexibility index (Phi) is 6.99. The van der Waals surface area contributed by atoms with Gasteiger partial charge in [-0.25, -0.2) is 4.98 Å². The average Bonchev–Trinajstić information content (AvgIpc) is 3.27. The molecule has 0 amide bonds. The molecule has 0 saturated carbocycles. The zero-order valence-corrected chi connectivity index (χ0v) is 18.3. The zero-order chi connectivity index (χ0) is 21.5. The molecule has 1 aromatic heterocycles. The van der Waals surface area contributed by atoms with Crippen molar-refractivity contribution < 1.29 is 4.42 Å². The molecule has 1 fully saturated rings. The zero-order valence-electron chi connectivity index (χ0n) is 18.3. The normalized spacial score (nSPS) is 15.7. The highest BCUT2D eigenvalue weighted by molar-refractivity contribution is 5.79. The molecular weight excluding hydrogens is 386 g/mol.